The molecule has 4 N–H and O–H groups in total. The summed E-state index contributed by atoms with van der Waals surface area (Å²) in [7, 11) is 0. The van der Waals surface area contributed by atoms with Gasteiger partial charge in [-0.3, -0.25) is 5.10 Å². The lowest BCUT2D eigenvalue weighted by molar-refractivity contribution is 0.342. The number of H-pyrrole nitrogens is 1. The fourth-order valence-electron chi connectivity index (χ4n) is 2.73. The van der Waals surface area contributed by atoms with Gasteiger partial charge in [0.15, 0.2) is 0 Å². The molecular weight excluding hydrogens is 224 g/mol. The van der Waals surface area contributed by atoms with Gasteiger partial charge in [-0.1, -0.05) is 19.8 Å². The highest BCUT2D eigenvalue weighted by Crippen LogP contribution is 2.35. The Balaban J connectivity index is 1.94. The van der Waals surface area contributed by atoms with Gasteiger partial charge in [0.05, 0.1) is 6.20 Å². The Labute approximate surface area is 110 Å². The van der Waals surface area contributed by atoms with E-state index in [2.05, 4.69) is 29.4 Å². The lowest BCUT2D eigenvalue weighted by atomic mass is 9.80. The molecule has 0 bridgehead atoms. The van der Waals surface area contributed by atoms with Crippen LogP contribution >= 0.6 is 0 Å². The minimum absolute atomic E-state index is 0.360. The monoisotopic (exact) mass is 250 g/mol. The lowest BCUT2D eigenvalue weighted by Gasteiger charge is -2.26. The number of nitrogens with zero attached hydrogens (tertiary/aromatic N) is 1. The zero-order valence-electron chi connectivity index (χ0n) is 11.6. The molecule has 102 valence electrons. The molecule has 18 heavy (non-hydrogen) atoms. The van der Waals surface area contributed by atoms with Crippen LogP contribution in [0.2, 0.25) is 0 Å². The van der Waals surface area contributed by atoms with Crippen LogP contribution in [-0.4, -0.2) is 22.8 Å². The molecule has 1 saturated carbocycles. The minimum atomic E-state index is 0.360. The second kappa shape index (κ2) is 6.34. The van der Waals surface area contributed by atoms with Gasteiger partial charge in [0.25, 0.3) is 0 Å². The topological polar surface area (TPSA) is 66.7 Å². The first-order chi connectivity index (χ1) is 8.70. The molecule has 1 fully saturated rings. The number of nitrogens with one attached hydrogen (secondary N) is 2. The number of aromatic amines is 1. The van der Waals surface area contributed by atoms with Gasteiger partial charge in [-0.05, 0) is 25.7 Å². The van der Waals surface area contributed by atoms with Crippen molar-refractivity contribution in [1.29, 1.82) is 0 Å². The average molecular weight is 250 g/mol. The van der Waals surface area contributed by atoms with Gasteiger partial charge in [0.1, 0.15) is 0 Å². The predicted molar refractivity (Wildman–Crippen MR) is 74.3 cm³/mol. The highest BCUT2D eigenvalue weighted by atomic mass is 15.1. The summed E-state index contributed by atoms with van der Waals surface area (Å²) in [6.45, 7) is 6.01. The highest BCUT2D eigenvalue weighted by Gasteiger charge is 2.23. The summed E-state index contributed by atoms with van der Waals surface area (Å²) in [5, 5.41) is 10.9. The number of hydrogen-bond donors (Lipinski definition) is 3. The van der Waals surface area contributed by atoms with E-state index in [1.54, 1.807) is 0 Å². The first-order valence-electron chi connectivity index (χ1n) is 7.16. The SMILES string of the molecule is CC1CCC(c2[nH]ncc2CNC(C)CN)CC1. The maximum absolute atomic E-state index is 5.62. The first-order valence-corrected chi connectivity index (χ1v) is 7.16. The maximum Gasteiger partial charge on any atom is 0.0535 e. The molecule has 4 nitrogen and oxygen atoms in total. The smallest absolute Gasteiger partial charge is 0.0535 e. The summed E-state index contributed by atoms with van der Waals surface area (Å²) in [5.41, 5.74) is 8.28. The third-order valence-corrected chi connectivity index (χ3v) is 4.17. The van der Waals surface area contributed by atoms with Crippen LogP contribution in [0.3, 0.4) is 0 Å². The van der Waals surface area contributed by atoms with Crippen LogP contribution in [0.5, 0.6) is 0 Å². The van der Waals surface area contributed by atoms with Crippen molar-refractivity contribution in [2.45, 2.75) is 58.0 Å². The summed E-state index contributed by atoms with van der Waals surface area (Å²) < 4.78 is 0. The quantitative estimate of drug-likeness (QED) is 0.750. The Kier molecular flexibility index (Phi) is 4.78. The van der Waals surface area contributed by atoms with Gasteiger partial charge < -0.3 is 11.1 Å². The molecule has 1 aromatic rings. The van der Waals surface area contributed by atoms with Crippen molar-refractivity contribution in [3.63, 3.8) is 0 Å². The number of aromatic nitrogens is 2. The van der Waals surface area contributed by atoms with Crippen molar-refractivity contribution in [1.82, 2.24) is 15.5 Å². The standard InChI is InChI=1S/C14H26N4/c1-10-3-5-12(6-4-10)14-13(9-17-18-14)8-16-11(2)7-15/h9-12,16H,3-8,15H2,1-2H3,(H,17,18). The van der Waals surface area contributed by atoms with E-state index >= 15 is 0 Å². The molecule has 1 atom stereocenters. The number of rotatable bonds is 5. The van der Waals surface area contributed by atoms with E-state index in [9.17, 15) is 0 Å². The van der Waals surface area contributed by atoms with Crippen molar-refractivity contribution in [2.24, 2.45) is 11.7 Å². The first kappa shape index (κ1) is 13.6. The van der Waals surface area contributed by atoms with E-state index in [1.807, 2.05) is 6.20 Å². The van der Waals surface area contributed by atoms with E-state index < -0.39 is 0 Å². The second-order valence-corrected chi connectivity index (χ2v) is 5.78. The molecule has 1 unspecified atom stereocenters. The molecule has 1 aliphatic carbocycles. The summed E-state index contributed by atoms with van der Waals surface area (Å²) >= 11 is 0. The summed E-state index contributed by atoms with van der Waals surface area (Å²) in [5.74, 6) is 1.57. The molecule has 0 aliphatic heterocycles. The average Bonchev–Trinajstić information content (AvgIpc) is 2.85. The molecule has 1 heterocycles. The molecular formula is C14H26N4. The van der Waals surface area contributed by atoms with Crippen molar-refractivity contribution < 1.29 is 0 Å². The zero-order valence-corrected chi connectivity index (χ0v) is 11.6. The molecule has 1 aliphatic rings. The molecule has 4 heteroatoms. The molecule has 0 amide bonds. The van der Waals surface area contributed by atoms with Crippen LogP contribution in [0.15, 0.2) is 6.20 Å². The maximum atomic E-state index is 5.62. The summed E-state index contributed by atoms with van der Waals surface area (Å²) in [4.78, 5) is 0. The summed E-state index contributed by atoms with van der Waals surface area (Å²) in [6, 6.07) is 0.360. The van der Waals surface area contributed by atoms with E-state index in [4.69, 9.17) is 5.73 Å². The Hall–Kier alpha value is -0.870. The zero-order chi connectivity index (χ0) is 13.0. The van der Waals surface area contributed by atoms with Gasteiger partial charge in [-0.15, -0.1) is 0 Å². The third kappa shape index (κ3) is 3.33. The van der Waals surface area contributed by atoms with E-state index in [0.717, 1.165) is 12.5 Å². The predicted octanol–water partition coefficient (Wildman–Crippen LogP) is 2.14. The Morgan fingerprint density at radius 1 is 1.44 bits per heavy atom. The molecule has 0 aromatic carbocycles. The molecule has 2 rings (SSSR count). The normalized spacial score (nSPS) is 26.2. The number of nitrogens with two attached hydrogens (primary N) is 1. The number of hydrogen-bond acceptors (Lipinski definition) is 3. The second-order valence-electron chi connectivity index (χ2n) is 5.78. The van der Waals surface area contributed by atoms with Crippen LogP contribution in [-0.2, 0) is 6.54 Å². The van der Waals surface area contributed by atoms with Crippen LogP contribution in [0.25, 0.3) is 0 Å². The molecule has 0 radical (unpaired) electrons. The van der Waals surface area contributed by atoms with Crippen LogP contribution < -0.4 is 11.1 Å². The fourth-order valence-corrected chi connectivity index (χ4v) is 2.73. The molecule has 0 spiro atoms. The van der Waals surface area contributed by atoms with Gasteiger partial charge >= 0.3 is 0 Å². The van der Waals surface area contributed by atoms with Gasteiger partial charge in [-0.2, -0.15) is 5.10 Å². The Morgan fingerprint density at radius 3 is 2.83 bits per heavy atom. The van der Waals surface area contributed by atoms with Crippen molar-refractivity contribution in [3.05, 3.63) is 17.5 Å². The molecule has 0 saturated heterocycles. The van der Waals surface area contributed by atoms with Gasteiger partial charge in [0.2, 0.25) is 0 Å². The van der Waals surface area contributed by atoms with Crippen molar-refractivity contribution >= 4 is 0 Å². The van der Waals surface area contributed by atoms with E-state index in [1.165, 1.54) is 36.9 Å². The Bertz CT molecular complexity index is 352. The molecule has 1 aromatic heterocycles. The van der Waals surface area contributed by atoms with Gasteiger partial charge in [-0.25, -0.2) is 0 Å². The van der Waals surface area contributed by atoms with Crippen LogP contribution in [0.1, 0.15) is 56.7 Å². The van der Waals surface area contributed by atoms with E-state index in [0.29, 0.717) is 18.5 Å². The Morgan fingerprint density at radius 2 is 2.17 bits per heavy atom. The fraction of sp³-hybridized carbons (Fsp3) is 0.786. The van der Waals surface area contributed by atoms with Gasteiger partial charge in [0, 0.05) is 36.3 Å². The van der Waals surface area contributed by atoms with Crippen LogP contribution in [0, 0.1) is 5.92 Å². The largest absolute Gasteiger partial charge is 0.329 e. The highest BCUT2D eigenvalue weighted by molar-refractivity contribution is 5.21. The third-order valence-electron chi connectivity index (χ3n) is 4.17. The lowest BCUT2D eigenvalue weighted by Crippen LogP contribution is -2.32. The van der Waals surface area contributed by atoms with Crippen molar-refractivity contribution in [2.75, 3.05) is 6.54 Å². The van der Waals surface area contributed by atoms with Crippen molar-refractivity contribution in [3.8, 4) is 0 Å². The van der Waals surface area contributed by atoms with E-state index in [-0.39, 0.29) is 0 Å². The summed E-state index contributed by atoms with van der Waals surface area (Å²) in [6.07, 6.45) is 7.24. The van der Waals surface area contributed by atoms with Crippen LogP contribution in [0.4, 0.5) is 0 Å². The minimum Gasteiger partial charge on any atom is -0.329 e.